The van der Waals surface area contributed by atoms with Crippen molar-refractivity contribution >= 4 is 40.7 Å². The highest BCUT2D eigenvalue weighted by atomic mass is 127. The summed E-state index contributed by atoms with van der Waals surface area (Å²) in [6.07, 6.45) is 0. The Balaban J connectivity index is 0.00000264. The van der Waals surface area contributed by atoms with E-state index in [1.807, 2.05) is 0 Å². The number of fused-ring (bicyclic) bond motifs is 1. The molecule has 0 aliphatic heterocycles. The molecule has 2 aromatic carbocycles. The molecule has 0 bridgehead atoms. The largest absolute Gasteiger partial charge is 0.383 e. The van der Waals surface area contributed by atoms with Gasteiger partial charge in [-0.25, -0.2) is 4.99 Å². The fraction of sp³-hybridized carbons (Fsp3) is 0.389. The lowest BCUT2D eigenvalue weighted by Gasteiger charge is -2.17. The summed E-state index contributed by atoms with van der Waals surface area (Å²) in [4.78, 5) is 4.65. The second-order valence-corrected chi connectivity index (χ2v) is 5.38. The molecule has 2 aromatic rings. The summed E-state index contributed by atoms with van der Waals surface area (Å²) in [6.45, 7) is 6.28. The van der Waals surface area contributed by atoms with Crippen molar-refractivity contribution in [3.63, 3.8) is 0 Å². The maximum Gasteiger partial charge on any atom is 0.191 e. The first kappa shape index (κ1) is 19.7. The quantitative estimate of drug-likeness (QED) is 0.421. The van der Waals surface area contributed by atoms with Crippen LogP contribution >= 0.6 is 24.0 Å². The lowest BCUT2D eigenvalue weighted by molar-refractivity contribution is 0.179. The summed E-state index contributed by atoms with van der Waals surface area (Å²) in [7, 11) is 1.71. The van der Waals surface area contributed by atoms with Crippen molar-refractivity contribution < 1.29 is 4.74 Å². The summed E-state index contributed by atoms with van der Waals surface area (Å²) in [5, 5.41) is 9.11. The Labute approximate surface area is 155 Å². The van der Waals surface area contributed by atoms with E-state index in [0.717, 1.165) is 12.5 Å². The van der Waals surface area contributed by atoms with Gasteiger partial charge in [-0.2, -0.15) is 0 Å². The van der Waals surface area contributed by atoms with Gasteiger partial charge in [-0.3, -0.25) is 0 Å². The predicted octanol–water partition coefficient (Wildman–Crippen LogP) is 3.55. The van der Waals surface area contributed by atoms with E-state index in [2.05, 4.69) is 71.9 Å². The van der Waals surface area contributed by atoms with Crippen molar-refractivity contribution in [2.45, 2.75) is 26.4 Å². The van der Waals surface area contributed by atoms with Gasteiger partial charge in [0, 0.05) is 19.7 Å². The molecule has 0 heterocycles. The maximum absolute atomic E-state index is 5.15. The monoisotopic (exact) mass is 427 g/mol. The number of halogens is 1. The highest BCUT2D eigenvalue weighted by Gasteiger charge is 2.04. The second-order valence-electron chi connectivity index (χ2n) is 5.38. The molecular weight excluding hydrogens is 401 g/mol. The minimum Gasteiger partial charge on any atom is -0.383 e. The lowest BCUT2D eigenvalue weighted by atomic mass is 10.1. The van der Waals surface area contributed by atoms with Crippen LogP contribution in [0, 0.1) is 0 Å². The number of aliphatic imine (C=N–C) groups is 1. The van der Waals surface area contributed by atoms with Crippen LogP contribution in [0.5, 0.6) is 0 Å². The lowest BCUT2D eigenvalue weighted by Crippen LogP contribution is -2.43. The Hall–Kier alpha value is -1.34. The number of benzene rings is 2. The second kappa shape index (κ2) is 10.4. The molecule has 23 heavy (non-hydrogen) atoms. The van der Waals surface area contributed by atoms with Crippen molar-refractivity contribution in [3.05, 3.63) is 48.0 Å². The Kier molecular flexibility index (Phi) is 8.94. The molecule has 1 unspecified atom stereocenters. The highest BCUT2D eigenvalue weighted by Crippen LogP contribution is 2.16. The molecule has 0 spiro atoms. The first-order valence-electron chi connectivity index (χ1n) is 7.74. The number of methoxy groups -OCH3 is 1. The van der Waals surface area contributed by atoms with Gasteiger partial charge in [0.15, 0.2) is 5.96 Å². The van der Waals surface area contributed by atoms with Gasteiger partial charge in [0.2, 0.25) is 0 Å². The number of rotatable bonds is 6. The highest BCUT2D eigenvalue weighted by molar-refractivity contribution is 14.0. The number of hydrogen-bond acceptors (Lipinski definition) is 2. The van der Waals surface area contributed by atoms with Gasteiger partial charge in [0.05, 0.1) is 13.2 Å². The molecule has 0 saturated heterocycles. The van der Waals surface area contributed by atoms with Crippen LogP contribution in [0.4, 0.5) is 0 Å². The van der Waals surface area contributed by atoms with Crippen LogP contribution in [0.2, 0.25) is 0 Å². The summed E-state index contributed by atoms with van der Waals surface area (Å²) in [5.74, 6) is 0.820. The maximum atomic E-state index is 5.15. The van der Waals surface area contributed by atoms with E-state index in [4.69, 9.17) is 4.74 Å². The van der Waals surface area contributed by atoms with Crippen molar-refractivity contribution in [2.24, 2.45) is 4.99 Å². The van der Waals surface area contributed by atoms with E-state index >= 15 is 0 Å². The van der Waals surface area contributed by atoms with Crippen LogP contribution < -0.4 is 10.6 Å². The van der Waals surface area contributed by atoms with Crippen LogP contribution in [0.25, 0.3) is 10.8 Å². The van der Waals surface area contributed by atoms with Gasteiger partial charge in [0.25, 0.3) is 0 Å². The molecule has 2 N–H and O–H groups in total. The molecule has 0 aliphatic carbocycles. The Morgan fingerprint density at radius 3 is 2.61 bits per heavy atom. The Morgan fingerprint density at radius 2 is 1.91 bits per heavy atom. The van der Waals surface area contributed by atoms with E-state index in [0.29, 0.717) is 13.2 Å². The number of nitrogens with one attached hydrogen (secondary N) is 2. The molecule has 0 fully saturated rings. The van der Waals surface area contributed by atoms with Crippen LogP contribution in [-0.2, 0) is 11.3 Å². The number of ether oxygens (including phenoxy) is 1. The zero-order valence-corrected chi connectivity index (χ0v) is 16.3. The van der Waals surface area contributed by atoms with E-state index in [9.17, 15) is 0 Å². The molecule has 4 nitrogen and oxygen atoms in total. The predicted molar refractivity (Wildman–Crippen MR) is 109 cm³/mol. The third-order valence-electron chi connectivity index (χ3n) is 3.38. The minimum absolute atomic E-state index is 0. The zero-order valence-electron chi connectivity index (χ0n) is 14.0. The average Bonchev–Trinajstić information content (AvgIpc) is 2.53. The SMILES string of the molecule is CCNC(=NCc1ccc2ccccc2c1)NC(C)COC.I. The van der Waals surface area contributed by atoms with Gasteiger partial charge in [-0.15, -0.1) is 24.0 Å². The van der Waals surface area contributed by atoms with Gasteiger partial charge >= 0.3 is 0 Å². The smallest absolute Gasteiger partial charge is 0.191 e. The molecule has 0 aromatic heterocycles. The van der Waals surface area contributed by atoms with E-state index in [-0.39, 0.29) is 30.0 Å². The Bertz CT molecular complexity index is 630. The van der Waals surface area contributed by atoms with Gasteiger partial charge in [0.1, 0.15) is 0 Å². The van der Waals surface area contributed by atoms with Crippen LogP contribution in [0.1, 0.15) is 19.4 Å². The standard InChI is InChI=1S/C18H25N3O.HI/c1-4-19-18(21-14(2)13-22-3)20-12-15-9-10-16-7-5-6-8-17(16)11-15;/h5-11,14H,4,12-13H2,1-3H3,(H2,19,20,21);1H. The average molecular weight is 427 g/mol. The summed E-state index contributed by atoms with van der Waals surface area (Å²) in [5.41, 5.74) is 1.20. The topological polar surface area (TPSA) is 45.7 Å². The molecule has 0 saturated carbocycles. The van der Waals surface area contributed by atoms with Crippen LogP contribution in [-0.4, -0.2) is 32.3 Å². The summed E-state index contributed by atoms with van der Waals surface area (Å²) in [6, 6.07) is 15.1. The molecular formula is C18H26IN3O. The first-order chi connectivity index (χ1) is 10.7. The molecule has 5 heteroatoms. The van der Waals surface area contributed by atoms with E-state index in [1.54, 1.807) is 7.11 Å². The van der Waals surface area contributed by atoms with Gasteiger partial charge < -0.3 is 15.4 Å². The fourth-order valence-corrected chi connectivity index (χ4v) is 2.35. The normalized spacial score (nSPS) is 12.6. The molecule has 2 rings (SSSR count). The zero-order chi connectivity index (χ0) is 15.8. The summed E-state index contributed by atoms with van der Waals surface area (Å²) < 4.78 is 5.15. The van der Waals surface area contributed by atoms with Crippen LogP contribution in [0.15, 0.2) is 47.5 Å². The van der Waals surface area contributed by atoms with Crippen molar-refractivity contribution in [2.75, 3.05) is 20.3 Å². The molecule has 1 atom stereocenters. The third kappa shape index (κ3) is 6.35. The van der Waals surface area contributed by atoms with E-state index < -0.39 is 0 Å². The summed E-state index contributed by atoms with van der Waals surface area (Å²) >= 11 is 0. The van der Waals surface area contributed by atoms with Crippen LogP contribution in [0.3, 0.4) is 0 Å². The number of hydrogen-bond donors (Lipinski definition) is 2. The van der Waals surface area contributed by atoms with Crippen molar-refractivity contribution in [3.8, 4) is 0 Å². The van der Waals surface area contributed by atoms with Gasteiger partial charge in [-0.05, 0) is 36.2 Å². The molecule has 0 radical (unpaired) electrons. The number of nitrogens with zero attached hydrogens (tertiary/aromatic N) is 1. The minimum atomic E-state index is 0. The molecule has 0 aliphatic rings. The van der Waals surface area contributed by atoms with Gasteiger partial charge in [-0.1, -0.05) is 36.4 Å². The van der Waals surface area contributed by atoms with Crippen molar-refractivity contribution in [1.82, 2.24) is 10.6 Å². The molecule has 126 valence electrons. The third-order valence-corrected chi connectivity index (χ3v) is 3.38. The first-order valence-corrected chi connectivity index (χ1v) is 7.74. The molecule has 0 amide bonds. The fourth-order valence-electron chi connectivity index (χ4n) is 2.35. The van der Waals surface area contributed by atoms with E-state index in [1.165, 1.54) is 16.3 Å². The number of guanidine groups is 1. The Morgan fingerprint density at radius 1 is 1.17 bits per heavy atom. The van der Waals surface area contributed by atoms with Crippen molar-refractivity contribution in [1.29, 1.82) is 0 Å².